The monoisotopic (exact) mass is 566 g/mol. The molecule has 9 nitrogen and oxygen atoms in total. The van der Waals surface area contributed by atoms with Crippen molar-refractivity contribution in [3.05, 3.63) is 71.1 Å². The van der Waals surface area contributed by atoms with E-state index in [1.807, 2.05) is 60.7 Å². The molecule has 10 heteroatoms. The van der Waals surface area contributed by atoms with Gasteiger partial charge >= 0.3 is 0 Å². The molecule has 4 rings (SSSR count). The average Bonchev–Trinajstić information content (AvgIpc) is 3.63. The Hall–Kier alpha value is -3.31. The minimum absolute atomic E-state index is 0.171. The summed E-state index contributed by atoms with van der Waals surface area (Å²) in [5.41, 5.74) is -0.163. The smallest absolute Gasteiger partial charge is 0.262 e. The zero-order valence-electron chi connectivity index (χ0n) is 22.5. The van der Waals surface area contributed by atoms with Gasteiger partial charge in [-0.05, 0) is 48.9 Å². The van der Waals surface area contributed by atoms with E-state index in [0.717, 1.165) is 28.5 Å². The van der Waals surface area contributed by atoms with E-state index in [9.17, 15) is 24.6 Å². The van der Waals surface area contributed by atoms with Crippen LogP contribution < -0.4 is 21.3 Å². The number of nitrogens with one attached hydrogen (secondary N) is 4. The van der Waals surface area contributed by atoms with Gasteiger partial charge in [0.25, 0.3) is 5.91 Å². The molecule has 214 valence electrons. The predicted molar refractivity (Wildman–Crippen MR) is 156 cm³/mol. The first kappa shape index (κ1) is 29.7. The number of rotatable bonds is 14. The SMILES string of the molecule is O=C(NC1(C(=O)N[C@H](Cc2ccccc2)C(=O)NCCCNC(CO)CO)CCCC1)c1cc2ccccc2s1. The maximum absolute atomic E-state index is 13.8. The summed E-state index contributed by atoms with van der Waals surface area (Å²) in [6.45, 7) is 0.531. The van der Waals surface area contributed by atoms with E-state index in [2.05, 4.69) is 21.3 Å². The van der Waals surface area contributed by atoms with Gasteiger partial charge in [-0.25, -0.2) is 0 Å². The molecule has 2 aromatic carbocycles. The molecule has 3 aromatic rings. The molecule has 0 spiro atoms. The van der Waals surface area contributed by atoms with Crippen LogP contribution in [-0.4, -0.2) is 71.9 Å². The number of carbonyl (C=O) groups is 3. The molecule has 0 saturated heterocycles. The molecule has 1 aromatic heterocycles. The number of aliphatic hydroxyl groups is 2. The van der Waals surface area contributed by atoms with Crippen molar-refractivity contribution in [2.75, 3.05) is 26.3 Å². The number of hydrogen-bond donors (Lipinski definition) is 6. The van der Waals surface area contributed by atoms with E-state index in [-0.39, 0.29) is 30.9 Å². The Balaban J connectivity index is 1.43. The molecule has 6 N–H and O–H groups in total. The summed E-state index contributed by atoms with van der Waals surface area (Å²) in [5, 5.41) is 31.2. The van der Waals surface area contributed by atoms with E-state index in [4.69, 9.17) is 0 Å². The summed E-state index contributed by atoms with van der Waals surface area (Å²) in [6.07, 6.45) is 3.55. The Labute approximate surface area is 238 Å². The molecule has 0 radical (unpaired) electrons. The normalized spacial score (nSPS) is 15.2. The van der Waals surface area contributed by atoms with E-state index >= 15 is 0 Å². The van der Waals surface area contributed by atoms with Crippen LogP contribution in [0.2, 0.25) is 0 Å². The third-order valence-corrected chi connectivity index (χ3v) is 8.44. The zero-order valence-corrected chi connectivity index (χ0v) is 23.3. The summed E-state index contributed by atoms with van der Waals surface area (Å²) < 4.78 is 1.01. The van der Waals surface area contributed by atoms with Crippen molar-refractivity contribution in [1.82, 2.24) is 21.3 Å². The van der Waals surface area contributed by atoms with Crippen LogP contribution in [0.4, 0.5) is 0 Å². The zero-order chi connectivity index (χ0) is 28.4. The van der Waals surface area contributed by atoms with Gasteiger partial charge in [0.15, 0.2) is 0 Å². The largest absolute Gasteiger partial charge is 0.395 e. The lowest BCUT2D eigenvalue weighted by molar-refractivity contribution is -0.132. The second-order valence-corrected chi connectivity index (χ2v) is 11.4. The van der Waals surface area contributed by atoms with Gasteiger partial charge in [-0.3, -0.25) is 14.4 Å². The Bertz CT molecular complexity index is 1240. The maximum Gasteiger partial charge on any atom is 0.262 e. The van der Waals surface area contributed by atoms with Crippen molar-refractivity contribution >= 4 is 39.1 Å². The van der Waals surface area contributed by atoms with Gasteiger partial charge in [0, 0.05) is 17.7 Å². The van der Waals surface area contributed by atoms with Gasteiger partial charge in [0.2, 0.25) is 11.8 Å². The Kier molecular flexibility index (Phi) is 10.7. The minimum Gasteiger partial charge on any atom is -0.395 e. The molecular formula is C30H38N4O5S. The second kappa shape index (κ2) is 14.4. The van der Waals surface area contributed by atoms with E-state index < -0.39 is 17.6 Å². The standard InChI is InChI=1S/C30H38N4O5S/c35-19-23(20-36)31-15-8-16-32-27(37)24(17-21-9-2-1-3-10-21)33-29(39)30(13-6-7-14-30)34-28(38)26-18-22-11-4-5-12-25(22)40-26/h1-5,9-12,18,23-24,31,35-36H,6-8,13-17,19-20H2,(H,32,37)(H,33,39)(H,34,38)/t24-/m1/s1. The number of hydrogen-bond acceptors (Lipinski definition) is 7. The summed E-state index contributed by atoms with van der Waals surface area (Å²) in [6, 6.07) is 17.9. The van der Waals surface area contributed by atoms with Crippen LogP contribution in [0.15, 0.2) is 60.7 Å². The summed E-state index contributed by atoms with van der Waals surface area (Å²) in [5.74, 6) is -0.924. The molecule has 0 bridgehead atoms. The molecular weight excluding hydrogens is 528 g/mol. The van der Waals surface area contributed by atoms with Crippen molar-refractivity contribution in [3.8, 4) is 0 Å². The van der Waals surface area contributed by atoms with Gasteiger partial charge in [-0.15, -0.1) is 11.3 Å². The Morgan fingerprint density at radius 1 is 0.925 bits per heavy atom. The Morgan fingerprint density at radius 2 is 1.62 bits per heavy atom. The van der Waals surface area contributed by atoms with Crippen LogP contribution in [0.1, 0.15) is 47.3 Å². The van der Waals surface area contributed by atoms with Crippen LogP contribution in [-0.2, 0) is 16.0 Å². The van der Waals surface area contributed by atoms with Crippen LogP contribution in [0.5, 0.6) is 0 Å². The second-order valence-electron chi connectivity index (χ2n) is 10.3. The van der Waals surface area contributed by atoms with Crippen LogP contribution >= 0.6 is 11.3 Å². The van der Waals surface area contributed by atoms with Crippen LogP contribution in [0.3, 0.4) is 0 Å². The van der Waals surface area contributed by atoms with Gasteiger partial charge in [-0.1, -0.05) is 61.4 Å². The lowest BCUT2D eigenvalue weighted by Crippen LogP contribution is -2.61. The number of thiophene rings is 1. The average molecular weight is 567 g/mol. The highest BCUT2D eigenvalue weighted by Gasteiger charge is 2.44. The highest BCUT2D eigenvalue weighted by Crippen LogP contribution is 2.32. The van der Waals surface area contributed by atoms with Crippen molar-refractivity contribution in [2.24, 2.45) is 0 Å². The molecule has 40 heavy (non-hydrogen) atoms. The number of benzene rings is 2. The molecule has 0 unspecified atom stereocenters. The third kappa shape index (κ3) is 7.66. The third-order valence-electron chi connectivity index (χ3n) is 7.32. The van der Waals surface area contributed by atoms with Crippen molar-refractivity contribution < 1.29 is 24.6 Å². The first-order valence-electron chi connectivity index (χ1n) is 13.8. The lowest BCUT2D eigenvalue weighted by Gasteiger charge is -2.31. The van der Waals surface area contributed by atoms with Gasteiger partial charge < -0.3 is 31.5 Å². The van der Waals surface area contributed by atoms with E-state index in [1.165, 1.54) is 11.3 Å². The predicted octanol–water partition coefficient (Wildman–Crippen LogP) is 2.12. The summed E-state index contributed by atoms with van der Waals surface area (Å²) in [4.78, 5) is 40.9. The quantitative estimate of drug-likeness (QED) is 0.165. The van der Waals surface area contributed by atoms with Gasteiger partial charge in [0.1, 0.15) is 11.6 Å². The fraction of sp³-hybridized carbons (Fsp3) is 0.433. The first-order chi connectivity index (χ1) is 19.4. The van der Waals surface area contributed by atoms with Crippen molar-refractivity contribution in [3.63, 3.8) is 0 Å². The fourth-order valence-corrected chi connectivity index (χ4v) is 5.99. The van der Waals surface area contributed by atoms with Gasteiger partial charge in [-0.2, -0.15) is 0 Å². The lowest BCUT2D eigenvalue weighted by atomic mass is 9.94. The fourth-order valence-electron chi connectivity index (χ4n) is 5.03. The number of fused-ring (bicyclic) bond motifs is 1. The summed E-state index contributed by atoms with van der Waals surface area (Å²) in [7, 11) is 0. The van der Waals surface area contributed by atoms with Crippen molar-refractivity contribution in [2.45, 2.75) is 56.1 Å². The minimum atomic E-state index is -1.07. The maximum atomic E-state index is 13.8. The molecule has 1 atom stereocenters. The molecule has 1 aliphatic rings. The van der Waals surface area contributed by atoms with E-state index in [0.29, 0.717) is 43.6 Å². The molecule has 1 saturated carbocycles. The molecule has 1 heterocycles. The van der Waals surface area contributed by atoms with Crippen LogP contribution in [0.25, 0.3) is 10.1 Å². The molecule has 3 amide bonds. The topological polar surface area (TPSA) is 140 Å². The molecule has 1 aliphatic carbocycles. The number of aliphatic hydroxyl groups excluding tert-OH is 2. The Morgan fingerprint density at radius 3 is 2.33 bits per heavy atom. The first-order valence-corrected chi connectivity index (χ1v) is 14.6. The summed E-state index contributed by atoms with van der Waals surface area (Å²) >= 11 is 1.40. The van der Waals surface area contributed by atoms with Crippen LogP contribution in [0, 0.1) is 0 Å². The molecule has 0 aliphatic heterocycles. The highest BCUT2D eigenvalue weighted by atomic mass is 32.1. The highest BCUT2D eigenvalue weighted by molar-refractivity contribution is 7.20. The van der Waals surface area contributed by atoms with E-state index in [1.54, 1.807) is 0 Å². The molecule has 1 fully saturated rings. The van der Waals surface area contributed by atoms with Gasteiger partial charge in [0.05, 0.1) is 24.1 Å². The number of carbonyl (C=O) groups excluding carboxylic acids is 3. The number of amides is 3. The van der Waals surface area contributed by atoms with Crippen molar-refractivity contribution in [1.29, 1.82) is 0 Å².